The Kier molecular flexibility index (Phi) is 3.43. The van der Waals surface area contributed by atoms with Crippen molar-refractivity contribution in [2.75, 3.05) is 13.2 Å². The minimum atomic E-state index is 0.127. The van der Waals surface area contributed by atoms with E-state index in [-0.39, 0.29) is 6.61 Å². The predicted molar refractivity (Wildman–Crippen MR) is 62.3 cm³/mol. The molecule has 0 spiro atoms. The lowest BCUT2D eigenvalue weighted by Gasteiger charge is -2.13. The van der Waals surface area contributed by atoms with Gasteiger partial charge in [-0.1, -0.05) is 19.1 Å². The fourth-order valence-corrected chi connectivity index (χ4v) is 2.32. The first-order chi connectivity index (χ1) is 7.86. The predicted octanol–water partition coefficient (Wildman–Crippen LogP) is 2.19. The monoisotopic (exact) mass is 216 g/mol. The van der Waals surface area contributed by atoms with Crippen molar-refractivity contribution >= 4 is 0 Å². The molecule has 0 bridgehead atoms. The third-order valence-corrected chi connectivity index (χ3v) is 2.97. The number of rotatable bonds is 4. The van der Waals surface area contributed by atoms with Gasteiger partial charge in [0, 0.05) is 6.04 Å². The van der Waals surface area contributed by atoms with Gasteiger partial charge >= 0.3 is 0 Å². The first kappa shape index (κ1) is 11.0. The summed E-state index contributed by atoms with van der Waals surface area (Å²) in [6.07, 6.45) is 2.16. The second kappa shape index (κ2) is 5.00. The molecule has 3 nitrogen and oxygen atoms in total. The Balaban J connectivity index is 2.22. The highest BCUT2D eigenvalue weighted by Gasteiger charge is 2.24. The Hall–Kier alpha value is -1.53. The Bertz CT molecular complexity index is 409. The molecule has 1 aromatic rings. The maximum absolute atomic E-state index is 8.52. The molecule has 1 N–H and O–H groups in total. The molecule has 0 fully saturated rings. The van der Waals surface area contributed by atoms with Crippen LogP contribution in [-0.4, -0.2) is 13.2 Å². The summed E-state index contributed by atoms with van der Waals surface area (Å²) in [6, 6.07) is 8.55. The van der Waals surface area contributed by atoms with Gasteiger partial charge in [-0.3, -0.25) is 0 Å². The molecule has 1 atom stereocenters. The van der Waals surface area contributed by atoms with E-state index >= 15 is 0 Å². The van der Waals surface area contributed by atoms with Gasteiger partial charge in [-0.05, 0) is 36.6 Å². The van der Waals surface area contributed by atoms with Crippen molar-refractivity contribution in [3.8, 4) is 11.8 Å². The maximum Gasteiger partial charge on any atom is 0.174 e. The van der Waals surface area contributed by atoms with Gasteiger partial charge in [0.05, 0.1) is 0 Å². The van der Waals surface area contributed by atoms with Crippen LogP contribution in [0.1, 0.15) is 30.5 Å². The van der Waals surface area contributed by atoms with Gasteiger partial charge in [-0.25, -0.2) is 0 Å². The molecular formula is C13H16N2O. The largest absolute Gasteiger partial charge is 0.478 e. The zero-order chi connectivity index (χ0) is 11.4. The van der Waals surface area contributed by atoms with E-state index in [0.717, 1.165) is 25.1 Å². The molecule has 0 heterocycles. The van der Waals surface area contributed by atoms with E-state index in [1.54, 1.807) is 0 Å². The number of fused-ring (bicyclic) bond motifs is 1. The summed E-state index contributed by atoms with van der Waals surface area (Å²) in [5, 5.41) is 12.0. The van der Waals surface area contributed by atoms with Crippen LogP contribution < -0.4 is 10.1 Å². The van der Waals surface area contributed by atoms with Gasteiger partial charge in [0.25, 0.3) is 0 Å². The second-order valence-electron chi connectivity index (χ2n) is 3.92. The van der Waals surface area contributed by atoms with E-state index in [1.807, 2.05) is 18.2 Å². The van der Waals surface area contributed by atoms with E-state index in [2.05, 4.69) is 18.3 Å². The smallest absolute Gasteiger partial charge is 0.174 e. The van der Waals surface area contributed by atoms with Gasteiger partial charge in [0.15, 0.2) is 6.61 Å². The first-order valence-corrected chi connectivity index (χ1v) is 5.71. The van der Waals surface area contributed by atoms with Crippen LogP contribution in [0.4, 0.5) is 0 Å². The van der Waals surface area contributed by atoms with E-state index < -0.39 is 0 Å². The molecule has 0 aromatic heterocycles. The number of nitrogens with one attached hydrogen (secondary N) is 1. The lowest BCUT2D eigenvalue weighted by Crippen LogP contribution is -2.18. The lowest BCUT2D eigenvalue weighted by molar-refractivity contribution is 0.364. The van der Waals surface area contributed by atoms with Crippen molar-refractivity contribution < 1.29 is 4.74 Å². The molecule has 0 amide bonds. The number of benzene rings is 1. The summed E-state index contributed by atoms with van der Waals surface area (Å²) < 4.78 is 5.44. The molecule has 2 rings (SSSR count). The van der Waals surface area contributed by atoms with Gasteiger partial charge < -0.3 is 10.1 Å². The molecular weight excluding hydrogens is 200 g/mol. The standard InChI is InChI=1S/C13H16N2O/c1-2-15-12-7-6-11-10(12)4-3-5-13(11)16-9-8-14/h3-5,12,15H,2,6-7,9H2,1H3. The molecule has 1 aromatic carbocycles. The van der Waals surface area contributed by atoms with Gasteiger partial charge in [-0.15, -0.1) is 0 Å². The van der Waals surface area contributed by atoms with Crippen LogP contribution in [0.5, 0.6) is 5.75 Å². The third-order valence-electron chi connectivity index (χ3n) is 2.97. The minimum Gasteiger partial charge on any atom is -0.478 e. The highest BCUT2D eigenvalue weighted by atomic mass is 16.5. The van der Waals surface area contributed by atoms with Gasteiger partial charge in [0.1, 0.15) is 11.8 Å². The minimum absolute atomic E-state index is 0.127. The van der Waals surface area contributed by atoms with Crippen LogP contribution in [0, 0.1) is 11.3 Å². The van der Waals surface area contributed by atoms with Crippen LogP contribution in [0.15, 0.2) is 18.2 Å². The summed E-state index contributed by atoms with van der Waals surface area (Å²) >= 11 is 0. The molecule has 0 saturated heterocycles. The number of hydrogen-bond acceptors (Lipinski definition) is 3. The average Bonchev–Trinajstić information content (AvgIpc) is 2.71. The number of nitriles is 1. The summed E-state index contributed by atoms with van der Waals surface area (Å²) in [5.41, 5.74) is 2.60. The summed E-state index contributed by atoms with van der Waals surface area (Å²) in [4.78, 5) is 0. The zero-order valence-corrected chi connectivity index (χ0v) is 9.49. The SMILES string of the molecule is CCNC1CCc2c(OCC#N)cccc21. The number of hydrogen-bond donors (Lipinski definition) is 1. The Morgan fingerprint density at radius 1 is 1.56 bits per heavy atom. The van der Waals surface area contributed by atoms with Gasteiger partial charge in [0.2, 0.25) is 0 Å². The summed E-state index contributed by atoms with van der Waals surface area (Å²) in [5.74, 6) is 0.874. The van der Waals surface area contributed by atoms with Crippen molar-refractivity contribution in [2.45, 2.75) is 25.8 Å². The highest BCUT2D eigenvalue weighted by Crippen LogP contribution is 2.36. The molecule has 0 radical (unpaired) electrons. The Labute approximate surface area is 96.0 Å². The topological polar surface area (TPSA) is 45.0 Å². The van der Waals surface area contributed by atoms with Gasteiger partial charge in [-0.2, -0.15) is 5.26 Å². The van der Waals surface area contributed by atoms with E-state index in [9.17, 15) is 0 Å². The summed E-state index contributed by atoms with van der Waals surface area (Å²) in [6.45, 7) is 3.23. The molecule has 1 aliphatic rings. The summed E-state index contributed by atoms with van der Waals surface area (Å²) in [7, 11) is 0. The Morgan fingerprint density at radius 2 is 2.44 bits per heavy atom. The number of ether oxygens (including phenoxy) is 1. The molecule has 3 heteroatoms. The Morgan fingerprint density at radius 3 is 3.19 bits per heavy atom. The van der Waals surface area contributed by atoms with Crippen molar-refractivity contribution in [3.63, 3.8) is 0 Å². The van der Waals surface area contributed by atoms with Crippen LogP contribution in [0.3, 0.4) is 0 Å². The molecule has 1 unspecified atom stereocenters. The second-order valence-corrected chi connectivity index (χ2v) is 3.92. The molecule has 0 saturated carbocycles. The number of nitrogens with zero attached hydrogens (tertiary/aromatic N) is 1. The third kappa shape index (κ3) is 2.02. The van der Waals surface area contributed by atoms with Crippen molar-refractivity contribution in [2.24, 2.45) is 0 Å². The van der Waals surface area contributed by atoms with Crippen molar-refractivity contribution in [1.82, 2.24) is 5.32 Å². The zero-order valence-electron chi connectivity index (χ0n) is 9.49. The lowest BCUT2D eigenvalue weighted by atomic mass is 10.1. The van der Waals surface area contributed by atoms with E-state index in [0.29, 0.717) is 6.04 Å². The van der Waals surface area contributed by atoms with Crippen molar-refractivity contribution in [1.29, 1.82) is 5.26 Å². The quantitative estimate of drug-likeness (QED) is 0.839. The van der Waals surface area contributed by atoms with Crippen LogP contribution in [0.25, 0.3) is 0 Å². The van der Waals surface area contributed by atoms with Crippen LogP contribution in [-0.2, 0) is 6.42 Å². The molecule has 1 aliphatic carbocycles. The van der Waals surface area contributed by atoms with Crippen LogP contribution >= 0.6 is 0 Å². The molecule has 0 aliphatic heterocycles. The van der Waals surface area contributed by atoms with E-state index in [4.69, 9.17) is 10.00 Å². The van der Waals surface area contributed by atoms with Crippen molar-refractivity contribution in [3.05, 3.63) is 29.3 Å². The normalized spacial score (nSPS) is 17.9. The first-order valence-electron chi connectivity index (χ1n) is 5.71. The average molecular weight is 216 g/mol. The molecule has 84 valence electrons. The molecule has 16 heavy (non-hydrogen) atoms. The van der Waals surface area contributed by atoms with Crippen LogP contribution in [0.2, 0.25) is 0 Å². The maximum atomic E-state index is 8.52. The fraction of sp³-hybridized carbons (Fsp3) is 0.462. The highest BCUT2D eigenvalue weighted by molar-refractivity contribution is 5.45. The fourth-order valence-electron chi connectivity index (χ4n) is 2.32. The van der Waals surface area contributed by atoms with E-state index in [1.165, 1.54) is 11.1 Å².